The molecule has 132 valence electrons. The number of hydrogen-bond donors (Lipinski definition) is 0. The Morgan fingerprint density at radius 3 is 2.67 bits per heavy atom. The molecule has 1 atom stereocenters. The SMILES string of the molecule is CC(=O)OC(C)(C)C(=O)N1CCSC(c2cc(F)ccc2F)CC1. The molecule has 1 unspecified atom stereocenters. The van der Waals surface area contributed by atoms with Crippen molar-refractivity contribution in [1.82, 2.24) is 4.90 Å². The molecule has 1 fully saturated rings. The molecule has 0 spiro atoms. The van der Waals surface area contributed by atoms with Crippen LogP contribution in [0.2, 0.25) is 0 Å². The molecular formula is C17H21F2NO3S. The number of esters is 1. The smallest absolute Gasteiger partial charge is 0.303 e. The molecule has 0 radical (unpaired) electrons. The number of nitrogens with zero attached hydrogens (tertiary/aromatic N) is 1. The van der Waals surface area contributed by atoms with Crippen molar-refractivity contribution in [3.8, 4) is 0 Å². The highest BCUT2D eigenvalue weighted by atomic mass is 32.2. The molecule has 4 nitrogen and oxygen atoms in total. The van der Waals surface area contributed by atoms with E-state index in [0.29, 0.717) is 30.8 Å². The number of halogens is 2. The molecule has 1 aliphatic rings. The van der Waals surface area contributed by atoms with E-state index in [0.717, 1.165) is 12.1 Å². The number of rotatable bonds is 3. The Morgan fingerprint density at radius 2 is 2.00 bits per heavy atom. The van der Waals surface area contributed by atoms with Crippen molar-refractivity contribution in [3.63, 3.8) is 0 Å². The van der Waals surface area contributed by atoms with Gasteiger partial charge in [0, 0.05) is 36.6 Å². The minimum Gasteiger partial charge on any atom is -0.450 e. The number of ether oxygens (including phenoxy) is 1. The summed E-state index contributed by atoms with van der Waals surface area (Å²) in [7, 11) is 0. The summed E-state index contributed by atoms with van der Waals surface area (Å²) >= 11 is 1.50. The molecule has 2 rings (SSSR count). The van der Waals surface area contributed by atoms with E-state index in [2.05, 4.69) is 0 Å². The molecule has 1 aliphatic heterocycles. The summed E-state index contributed by atoms with van der Waals surface area (Å²) in [5.41, 5.74) is -0.908. The van der Waals surface area contributed by atoms with Gasteiger partial charge in [0.1, 0.15) is 11.6 Å². The van der Waals surface area contributed by atoms with Crippen molar-refractivity contribution < 1.29 is 23.1 Å². The Hall–Kier alpha value is -1.63. The van der Waals surface area contributed by atoms with Crippen LogP contribution in [0.3, 0.4) is 0 Å². The van der Waals surface area contributed by atoms with Crippen LogP contribution in [0.25, 0.3) is 0 Å². The van der Waals surface area contributed by atoms with Gasteiger partial charge >= 0.3 is 5.97 Å². The van der Waals surface area contributed by atoms with Gasteiger partial charge in [-0.15, -0.1) is 0 Å². The zero-order valence-corrected chi connectivity index (χ0v) is 14.8. The average Bonchev–Trinajstić information content (AvgIpc) is 2.73. The van der Waals surface area contributed by atoms with Crippen molar-refractivity contribution in [1.29, 1.82) is 0 Å². The minimum absolute atomic E-state index is 0.213. The number of carbonyl (C=O) groups is 2. The minimum atomic E-state index is -1.24. The molecule has 7 heteroatoms. The first-order valence-electron chi connectivity index (χ1n) is 7.76. The fourth-order valence-electron chi connectivity index (χ4n) is 2.77. The Morgan fingerprint density at radius 1 is 1.29 bits per heavy atom. The van der Waals surface area contributed by atoms with Crippen LogP contribution in [-0.2, 0) is 14.3 Å². The van der Waals surface area contributed by atoms with E-state index < -0.39 is 23.2 Å². The molecule has 0 aromatic heterocycles. The fraction of sp³-hybridized carbons (Fsp3) is 0.529. The average molecular weight is 357 g/mol. The molecule has 1 aromatic carbocycles. The maximum Gasteiger partial charge on any atom is 0.303 e. The Balaban J connectivity index is 2.08. The summed E-state index contributed by atoms with van der Waals surface area (Å²) in [5.74, 6) is -1.10. The van der Waals surface area contributed by atoms with Crippen LogP contribution >= 0.6 is 11.8 Å². The molecule has 1 amide bonds. The van der Waals surface area contributed by atoms with E-state index in [9.17, 15) is 18.4 Å². The molecule has 1 saturated heterocycles. The number of hydrogen-bond acceptors (Lipinski definition) is 4. The summed E-state index contributed by atoms with van der Waals surface area (Å²) < 4.78 is 32.4. The van der Waals surface area contributed by atoms with Crippen LogP contribution in [0.5, 0.6) is 0 Å². The van der Waals surface area contributed by atoms with Gasteiger partial charge in [0.05, 0.1) is 0 Å². The summed E-state index contributed by atoms with van der Waals surface area (Å²) in [6, 6.07) is 3.44. The first kappa shape index (κ1) is 18.7. The zero-order chi connectivity index (χ0) is 17.9. The van der Waals surface area contributed by atoms with Crippen molar-refractivity contribution in [2.45, 2.75) is 38.0 Å². The molecule has 24 heavy (non-hydrogen) atoms. The Labute approximate surface area is 144 Å². The van der Waals surface area contributed by atoms with Crippen molar-refractivity contribution in [2.24, 2.45) is 0 Å². The second-order valence-electron chi connectivity index (χ2n) is 6.21. The highest BCUT2D eigenvalue weighted by Crippen LogP contribution is 2.36. The number of thioether (sulfide) groups is 1. The maximum atomic E-state index is 14.0. The van der Waals surface area contributed by atoms with Gasteiger partial charge in [-0.3, -0.25) is 9.59 Å². The van der Waals surface area contributed by atoms with Gasteiger partial charge in [-0.25, -0.2) is 8.78 Å². The highest BCUT2D eigenvalue weighted by molar-refractivity contribution is 7.99. The lowest BCUT2D eigenvalue weighted by Gasteiger charge is -2.30. The van der Waals surface area contributed by atoms with Gasteiger partial charge < -0.3 is 9.64 Å². The second-order valence-corrected chi connectivity index (χ2v) is 7.52. The summed E-state index contributed by atoms with van der Waals surface area (Å²) in [6.07, 6.45) is 0.507. The van der Waals surface area contributed by atoms with Gasteiger partial charge in [0.15, 0.2) is 5.60 Å². The quantitative estimate of drug-likeness (QED) is 0.779. The molecule has 0 N–H and O–H groups in total. The highest BCUT2D eigenvalue weighted by Gasteiger charge is 2.36. The van der Waals surface area contributed by atoms with E-state index in [1.807, 2.05) is 0 Å². The first-order chi connectivity index (χ1) is 11.2. The van der Waals surface area contributed by atoms with Gasteiger partial charge in [0.25, 0.3) is 5.91 Å². The zero-order valence-electron chi connectivity index (χ0n) is 14.0. The Kier molecular flexibility index (Phi) is 5.85. The maximum absolute atomic E-state index is 14.0. The van der Waals surface area contributed by atoms with Crippen LogP contribution in [0.4, 0.5) is 8.78 Å². The van der Waals surface area contributed by atoms with Crippen molar-refractivity contribution in [3.05, 3.63) is 35.4 Å². The molecule has 1 aromatic rings. The lowest BCUT2D eigenvalue weighted by atomic mass is 10.1. The van der Waals surface area contributed by atoms with Crippen LogP contribution in [0.15, 0.2) is 18.2 Å². The third-order valence-electron chi connectivity index (χ3n) is 3.85. The van der Waals surface area contributed by atoms with E-state index in [4.69, 9.17) is 4.74 Å². The summed E-state index contributed by atoms with van der Waals surface area (Å²) in [5, 5.41) is -0.213. The van der Waals surface area contributed by atoms with Gasteiger partial charge in [-0.1, -0.05) is 0 Å². The fourth-order valence-corrected chi connectivity index (χ4v) is 4.01. The molecule has 0 bridgehead atoms. The lowest BCUT2D eigenvalue weighted by Crippen LogP contribution is -2.48. The largest absolute Gasteiger partial charge is 0.450 e. The molecular weight excluding hydrogens is 336 g/mol. The second kappa shape index (κ2) is 7.51. The van der Waals surface area contributed by atoms with Crippen LogP contribution in [-0.4, -0.2) is 41.2 Å². The molecule has 1 heterocycles. The Bertz CT molecular complexity index is 636. The molecule has 0 aliphatic carbocycles. The standard InChI is InChI=1S/C17H21F2NO3S/c1-11(21)23-17(2,3)16(22)20-7-6-15(24-9-8-20)13-10-12(18)4-5-14(13)19/h4-5,10,15H,6-9H2,1-3H3. The van der Waals surface area contributed by atoms with E-state index >= 15 is 0 Å². The predicted octanol–water partition coefficient (Wildman–Crippen LogP) is 3.31. The normalized spacial score (nSPS) is 18.9. The van der Waals surface area contributed by atoms with Crippen LogP contribution < -0.4 is 0 Å². The molecule has 0 saturated carbocycles. The van der Waals surface area contributed by atoms with Crippen LogP contribution in [0, 0.1) is 11.6 Å². The van der Waals surface area contributed by atoms with Crippen molar-refractivity contribution in [2.75, 3.05) is 18.8 Å². The lowest BCUT2D eigenvalue weighted by molar-refractivity contribution is -0.168. The van der Waals surface area contributed by atoms with Gasteiger partial charge in [-0.05, 0) is 38.5 Å². The van der Waals surface area contributed by atoms with Crippen molar-refractivity contribution >= 4 is 23.6 Å². The third kappa shape index (κ3) is 4.47. The summed E-state index contributed by atoms with van der Waals surface area (Å²) in [6.45, 7) is 5.24. The van der Waals surface area contributed by atoms with Crippen LogP contribution in [0.1, 0.15) is 38.0 Å². The number of benzene rings is 1. The van der Waals surface area contributed by atoms with Gasteiger partial charge in [0.2, 0.25) is 0 Å². The van der Waals surface area contributed by atoms with E-state index in [1.165, 1.54) is 24.8 Å². The number of amides is 1. The van der Waals surface area contributed by atoms with E-state index in [-0.39, 0.29) is 11.2 Å². The predicted molar refractivity (Wildman–Crippen MR) is 88.6 cm³/mol. The topological polar surface area (TPSA) is 46.6 Å². The third-order valence-corrected chi connectivity index (χ3v) is 5.16. The first-order valence-corrected chi connectivity index (χ1v) is 8.81. The number of carbonyl (C=O) groups excluding carboxylic acids is 2. The van der Waals surface area contributed by atoms with Gasteiger partial charge in [-0.2, -0.15) is 11.8 Å². The monoisotopic (exact) mass is 357 g/mol. The van der Waals surface area contributed by atoms with E-state index in [1.54, 1.807) is 18.7 Å². The summed E-state index contributed by atoms with van der Waals surface area (Å²) in [4.78, 5) is 25.3.